The highest BCUT2D eigenvalue weighted by Gasteiger charge is 2.19. The summed E-state index contributed by atoms with van der Waals surface area (Å²) in [5.74, 6) is 1.08. The summed E-state index contributed by atoms with van der Waals surface area (Å²) >= 11 is 0. The summed E-state index contributed by atoms with van der Waals surface area (Å²) in [6.07, 6.45) is 2.18. The summed E-state index contributed by atoms with van der Waals surface area (Å²) in [5, 5.41) is 3.26. The number of ether oxygens (including phenoxy) is 1. The average Bonchev–Trinajstić information content (AvgIpc) is 2.63. The lowest BCUT2D eigenvalue weighted by Crippen LogP contribution is -2.28. The maximum absolute atomic E-state index is 5.52. The molecule has 1 aromatic rings. The van der Waals surface area contributed by atoms with Crippen LogP contribution in [0.25, 0.3) is 0 Å². The molecule has 0 unspecified atom stereocenters. The number of benzene rings is 1. The van der Waals surface area contributed by atoms with Crippen LogP contribution in [-0.2, 0) is 12.8 Å². The van der Waals surface area contributed by atoms with E-state index in [2.05, 4.69) is 37.4 Å². The minimum Gasteiger partial charge on any atom is -0.493 e. The number of hydrogen-bond acceptors (Lipinski definition) is 2. The topological polar surface area (TPSA) is 21.3 Å². The van der Waals surface area contributed by atoms with Crippen LogP contribution < -0.4 is 10.1 Å². The van der Waals surface area contributed by atoms with E-state index in [1.807, 2.05) is 7.05 Å². The van der Waals surface area contributed by atoms with Crippen molar-refractivity contribution >= 4 is 0 Å². The molecule has 0 aromatic heterocycles. The third-order valence-corrected chi connectivity index (χ3v) is 3.09. The van der Waals surface area contributed by atoms with E-state index in [0.29, 0.717) is 5.41 Å². The van der Waals surface area contributed by atoms with E-state index in [0.717, 1.165) is 31.7 Å². The smallest absolute Gasteiger partial charge is 0.122 e. The van der Waals surface area contributed by atoms with Crippen molar-refractivity contribution in [1.29, 1.82) is 0 Å². The summed E-state index contributed by atoms with van der Waals surface area (Å²) in [7, 11) is 2.01. The molecule has 16 heavy (non-hydrogen) atoms. The molecular weight excluding hydrogens is 198 g/mol. The summed E-state index contributed by atoms with van der Waals surface area (Å²) < 4.78 is 5.52. The zero-order valence-electron chi connectivity index (χ0n) is 10.5. The number of fused-ring (bicyclic) bond motifs is 1. The number of rotatable bonds is 4. The lowest BCUT2D eigenvalue weighted by atomic mass is 9.85. The van der Waals surface area contributed by atoms with Crippen molar-refractivity contribution < 1.29 is 4.74 Å². The Labute approximate surface area is 98.0 Å². The van der Waals surface area contributed by atoms with Crippen LogP contribution >= 0.6 is 0 Å². The molecule has 1 aliphatic rings. The second-order valence-electron chi connectivity index (χ2n) is 5.41. The van der Waals surface area contributed by atoms with Crippen molar-refractivity contribution in [3.05, 3.63) is 29.3 Å². The summed E-state index contributed by atoms with van der Waals surface area (Å²) in [6.45, 7) is 6.49. The van der Waals surface area contributed by atoms with Gasteiger partial charge < -0.3 is 10.1 Å². The van der Waals surface area contributed by atoms with Gasteiger partial charge in [0.1, 0.15) is 5.75 Å². The summed E-state index contributed by atoms with van der Waals surface area (Å²) in [5.41, 5.74) is 3.10. The van der Waals surface area contributed by atoms with Gasteiger partial charge >= 0.3 is 0 Å². The molecule has 0 aliphatic carbocycles. The highest BCUT2D eigenvalue weighted by atomic mass is 16.5. The molecule has 0 spiro atoms. The van der Waals surface area contributed by atoms with Gasteiger partial charge in [0.05, 0.1) is 6.61 Å². The molecule has 1 aliphatic heterocycles. The average molecular weight is 219 g/mol. The Balaban J connectivity index is 2.10. The van der Waals surface area contributed by atoms with E-state index in [1.165, 1.54) is 11.1 Å². The maximum Gasteiger partial charge on any atom is 0.122 e. The van der Waals surface area contributed by atoms with E-state index in [9.17, 15) is 0 Å². The highest BCUT2D eigenvalue weighted by Crippen LogP contribution is 2.28. The van der Waals surface area contributed by atoms with Crippen LogP contribution in [-0.4, -0.2) is 20.2 Å². The Morgan fingerprint density at radius 1 is 1.38 bits per heavy atom. The fourth-order valence-corrected chi connectivity index (χ4v) is 2.44. The maximum atomic E-state index is 5.52. The first-order chi connectivity index (χ1) is 7.61. The zero-order valence-corrected chi connectivity index (χ0v) is 10.5. The minimum atomic E-state index is 0.308. The number of nitrogens with one attached hydrogen (secondary N) is 1. The van der Waals surface area contributed by atoms with Crippen molar-refractivity contribution in [2.24, 2.45) is 5.41 Å². The molecule has 88 valence electrons. The van der Waals surface area contributed by atoms with Crippen molar-refractivity contribution in [3.63, 3.8) is 0 Å². The largest absolute Gasteiger partial charge is 0.493 e. The second-order valence-corrected chi connectivity index (χ2v) is 5.41. The summed E-state index contributed by atoms with van der Waals surface area (Å²) in [4.78, 5) is 0. The molecular formula is C14H21NO. The van der Waals surface area contributed by atoms with Crippen LogP contribution in [0, 0.1) is 5.41 Å². The Hall–Kier alpha value is -1.02. The molecule has 1 N–H and O–H groups in total. The van der Waals surface area contributed by atoms with Gasteiger partial charge in [0.15, 0.2) is 0 Å². The Morgan fingerprint density at radius 2 is 2.19 bits per heavy atom. The molecule has 0 radical (unpaired) electrons. The van der Waals surface area contributed by atoms with Crippen molar-refractivity contribution in [2.45, 2.75) is 26.7 Å². The van der Waals surface area contributed by atoms with Gasteiger partial charge in [0.2, 0.25) is 0 Å². The first kappa shape index (κ1) is 11.5. The lowest BCUT2D eigenvalue weighted by Gasteiger charge is -2.24. The molecule has 0 amide bonds. The van der Waals surface area contributed by atoms with Gasteiger partial charge in [-0.3, -0.25) is 0 Å². The number of hydrogen-bond donors (Lipinski definition) is 1. The second kappa shape index (κ2) is 4.46. The zero-order chi connectivity index (χ0) is 11.6. The van der Waals surface area contributed by atoms with Crippen LogP contribution in [0.2, 0.25) is 0 Å². The third-order valence-electron chi connectivity index (χ3n) is 3.09. The normalized spacial score (nSPS) is 14.7. The first-order valence-electron chi connectivity index (χ1n) is 6.00. The van der Waals surface area contributed by atoms with Gasteiger partial charge in [-0.1, -0.05) is 26.0 Å². The standard InChI is InChI=1S/C14H21NO/c1-14(2,10-15-3)9-11-4-5-13-12(8-11)6-7-16-13/h4-5,8,15H,6-7,9-10H2,1-3H3. The molecule has 2 rings (SSSR count). The molecule has 0 saturated carbocycles. The predicted molar refractivity (Wildman–Crippen MR) is 67.1 cm³/mol. The SMILES string of the molecule is CNCC(C)(C)Cc1ccc2c(c1)CCO2. The van der Waals surface area contributed by atoms with Crippen molar-refractivity contribution in [2.75, 3.05) is 20.2 Å². The minimum absolute atomic E-state index is 0.308. The van der Waals surface area contributed by atoms with Gasteiger partial charge in [-0.25, -0.2) is 0 Å². The molecule has 0 bridgehead atoms. The van der Waals surface area contributed by atoms with E-state index in [-0.39, 0.29) is 0 Å². The molecule has 1 aromatic carbocycles. The first-order valence-corrected chi connectivity index (χ1v) is 6.00. The summed E-state index contributed by atoms with van der Waals surface area (Å²) in [6, 6.07) is 6.62. The fourth-order valence-electron chi connectivity index (χ4n) is 2.44. The van der Waals surface area contributed by atoms with Crippen molar-refractivity contribution in [3.8, 4) is 5.75 Å². The molecule has 0 saturated heterocycles. The van der Waals surface area contributed by atoms with E-state index in [1.54, 1.807) is 0 Å². The van der Waals surface area contributed by atoms with Crippen LogP contribution in [0.3, 0.4) is 0 Å². The molecule has 1 heterocycles. The van der Waals surface area contributed by atoms with Crippen LogP contribution in [0.15, 0.2) is 18.2 Å². The fraction of sp³-hybridized carbons (Fsp3) is 0.571. The molecule has 2 nitrogen and oxygen atoms in total. The van der Waals surface area contributed by atoms with Crippen LogP contribution in [0.1, 0.15) is 25.0 Å². The van der Waals surface area contributed by atoms with Crippen LogP contribution in [0.5, 0.6) is 5.75 Å². The monoisotopic (exact) mass is 219 g/mol. The third kappa shape index (κ3) is 2.56. The Morgan fingerprint density at radius 3 is 2.94 bits per heavy atom. The lowest BCUT2D eigenvalue weighted by molar-refractivity contribution is 0.349. The van der Waals surface area contributed by atoms with Gasteiger partial charge in [0.25, 0.3) is 0 Å². The Bertz CT molecular complexity index is 371. The molecule has 0 fully saturated rings. The van der Waals surface area contributed by atoms with Gasteiger partial charge in [-0.15, -0.1) is 0 Å². The predicted octanol–water partition coefficient (Wildman–Crippen LogP) is 2.41. The van der Waals surface area contributed by atoms with Gasteiger partial charge in [0, 0.05) is 13.0 Å². The quantitative estimate of drug-likeness (QED) is 0.839. The van der Waals surface area contributed by atoms with Crippen molar-refractivity contribution in [1.82, 2.24) is 5.32 Å². The van der Waals surface area contributed by atoms with E-state index < -0.39 is 0 Å². The van der Waals surface area contributed by atoms with Crippen LogP contribution in [0.4, 0.5) is 0 Å². The molecule has 2 heteroatoms. The van der Waals surface area contributed by atoms with Gasteiger partial charge in [-0.2, -0.15) is 0 Å². The highest BCUT2D eigenvalue weighted by molar-refractivity contribution is 5.40. The Kier molecular flexibility index (Phi) is 3.20. The van der Waals surface area contributed by atoms with E-state index in [4.69, 9.17) is 4.74 Å². The van der Waals surface area contributed by atoms with E-state index >= 15 is 0 Å². The van der Waals surface area contributed by atoms with Gasteiger partial charge in [-0.05, 0) is 36.1 Å². The molecule has 0 atom stereocenters.